The predicted octanol–water partition coefficient (Wildman–Crippen LogP) is 1.88. The minimum atomic E-state index is 0.0314. The van der Waals surface area contributed by atoms with Crippen LogP contribution in [0.4, 0.5) is 5.69 Å². The Hall–Kier alpha value is -2.02. The van der Waals surface area contributed by atoms with Crippen LogP contribution < -0.4 is 10.6 Å². The number of nitrogens with one attached hydrogen (secondary N) is 2. The van der Waals surface area contributed by atoms with Gasteiger partial charge in [0.1, 0.15) is 0 Å². The molecular weight excluding hydrogens is 214 g/mol. The highest BCUT2D eigenvalue weighted by molar-refractivity contribution is 5.76. The van der Waals surface area contributed by atoms with Crippen molar-refractivity contribution in [3.63, 3.8) is 0 Å². The molecule has 0 spiro atoms. The van der Waals surface area contributed by atoms with E-state index in [1.807, 2.05) is 26.0 Å². The van der Waals surface area contributed by atoms with Gasteiger partial charge in [-0.25, -0.2) is 0 Å². The number of amides is 1. The minimum absolute atomic E-state index is 0.0314. The third-order valence-corrected chi connectivity index (χ3v) is 2.12. The lowest BCUT2D eigenvalue weighted by Gasteiger charge is -2.09. The maximum absolute atomic E-state index is 11.4. The van der Waals surface area contributed by atoms with Gasteiger partial charge in [-0.1, -0.05) is 6.07 Å². The molecule has 1 aromatic carbocycles. The van der Waals surface area contributed by atoms with Crippen LogP contribution in [-0.2, 0) is 4.79 Å². The lowest BCUT2D eigenvalue weighted by molar-refractivity contribution is -0.121. The van der Waals surface area contributed by atoms with Crippen LogP contribution in [-0.4, -0.2) is 18.5 Å². The fraction of sp³-hybridized carbons (Fsp3) is 0.385. The number of carbonyl (C=O) groups excluding carboxylic acids is 1. The third-order valence-electron chi connectivity index (χ3n) is 2.12. The van der Waals surface area contributed by atoms with Crippen molar-refractivity contribution < 1.29 is 4.79 Å². The van der Waals surface area contributed by atoms with E-state index in [0.29, 0.717) is 18.5 Å². The summed E-state index contributed by atoms with van der Waals surface area (Å²) < 4.78 is 0. The molecule has 0 aliphatic carbocycles. The second-order valence-electron chi connectivity index (χ2n) is 4.09. The quantitative estimate of drug-likeness (QED) is 0.813. The summed E-state index contributed by atoms with van der Waals surface area (Å²) in [6.45, 7) is 4.43. The Kier molecular flexibility index (Phi) is 5.02. The van der Waals surface area contributed by atoms with Crippen LogP contribution in [0.2, 0.25) is 0 Å². The van der Waals surface area contributed by atoms with Gasteiger partial charge >= 0.3 is 0 Å². The van der Waals surface area contributed by atoms with Crippen molar-refractivity contribution in [3.8, 4) is 6.07 Å². The zero-order valence-electron chi connectivity index (χ0n) is 10.2. The van der Waals surface area contributed by atoms with Gasteiger partial charge in [0.2, 0.25) is 5.91 Å². The van der Waals surface area contributed by atoms with E-state index in [-0.39, 0.29) is 11.9 Å². The smallest absolute Gasteiger partial charge is 0.221 e. The first-order valence-corrected chi connectivity index (χ1v) is 5.65. The Balaban J connectivity index is 2.36. The molecule has 2 N–H and O–H groups in total. The molecule has 1 rings (SSSR count). The van der Waals surface area contributed by atoms with Crippen LogP contribution in [0.1, 0.15) is 25.8 Å². The van der Waals surface area contributed by atoms with Gasteiger partial charge in [0.25, 0.3) is 0 Å². The zero-order chi connectivity index (χ0) is 12.7. The highest BCUT2D eigenvalue weighted by atomic mass is 16.1. The predicted molar refractivity (Wildman–Crippen MR) is 67.5 cm³/mol. The number of hydrogen-bond donors (Lipinski definition) is 2. The summed E-state index contributed by atoms with van der Waals surface area (Å²) >= 11 is 0. The highest BCUT2D eigenvalue weighted by Gasteiger charge is 2.02. The monoisotopic (exact) mass is 231 g/mol. The number of rotatable bonds is 5. The molecule has 1 aromatic rings. The molecule has 90 valence electrons. The lowest BCUT2D eigenvalue weighted by atomic mass is 10.2. The average molecular weight is 231 g/mol. The molecule has 0 atom stereocenters. The molecule has 0 heterocycles. The van der Waals surface area contributed by atoms with Crippen LogP contribution >= 0.6 is 0 Å². The number of hydrogen-bond acceptors (Lipinski definition) is 3. The van der Waals surface area contributed by atoms with Crippen LogP contribution in [0.5, 0.6) is 0 Å². The first kappa shape index (κ1) is 13.0. The molecule has 0 saturated carbocycles. The zero-order valence-corrected chi connectivity index (χ0v) is 10.2. The Morgan fingerprint density at radius 2 is 2.24 bits per heavy atom. The van der Waals surface area contributed by atoms with Crippen molar-refractivity contribution in [2.75, 3.05) is 11.9 Å². The normalized spacial score (nSPS) is 9.76. The minimum Gasteiger partial charge on any atom is -0.384 e. The van der Waals surface area contributed by atoms with Crippen molar-refractivity contribution >= 4 is 11.6 Å². The average Bonchev–Trinajstić information content (AvgIpc) is 2.28. The van der Waals surface area contributed by atoms with E-state index < -0.39 is 0 Å². The van der Waals surface area contributed by atoms with E-state index >= 15 is 0 Å². The molecule has 0 aliphatic heterocycles. The second-order valence-corrected chi connectivity index (χ2v) is 4.09. The van der Waals surface area contributed by atoms with Crippen molar-refractivity contribution in [1.82, 2.24) is 5.32 Å². The lowest BCUT2D eigenvalue weighted by Crippen LogP contribution is -2.31. The Morgan fingerprint density at radius 1 is 1.47 bits per heavy atom. The molecule has 4 nitrogen and oxygen atoms in total. The maximum atomic E-state index is 11.4. The fourth-order valence-corrected chi connectivity index (χ4v) is 1.41. The van der Waals surface area contributed by atoms with Crippen LogP contribution in [0.25, 0.3) is 0 Å². The number of nitrogens with zero attached hydrogens (tertiary/aromatic N) is 1. The Bertz CT molecular complexity index is 421. The summed E-state index contributed by atoms with van der Waals surface area (Å²) in [5.74, 6) is 0.0314. The number of anilines is 1. The maximum Gasteiger partial charge on any atom is 0.221 e. The van der Waals surface area contributed by atoms with Crippen molar-refractivity contribution in [2.45, 2.75) is 26.3 Å². The highest BCUT2D eigenvalue weighted by Crippen LogP contribution is 2.09. The van der Waals surface area contributed by atoms with Crippen molar-refractivity contribution in [1.29, 1.82) is 5.26 Å². The molecular formula is C13H17N3O. The topological polar surface area (TPSA) is 64.9 Å². The Labute approximate surface area is 102 Å². The van der Waals surface area contributed by atoms with Crippen molar-refractivity contribution in [2.24, 2.45) is 0 Å². The van der Waals surface area contributed by atoms with E-state index in [1.54, 1.807) is 12.1 Å². The van der Waals surface area contributed by atoms with Crippen molar-refractivity contribution in [3.05, 3.63) is 29.8 Å². The van der Waals surface area contributed by atoms with Gasteiger partial charge in [0.05, 0.1) is 11.6 Å². The van der Waals surface area contributed by atoms with E-state index in [0.717, 1.165) is 5.69 Å². The fourth-order valence-electron chi connectivity index (χ4n) is 1.41. The summed E-state index contributed by atoms with van der Waals surface area (Å²) in [7, 11) is 0. The molecule has 0 fully saturated rings. The second kappa shape index (κ2) is 6.54. The summed E-state index contributed by atoms with van der Waals surface area (Å²) in [5.41, 5.74) is 1.48. The summed E-state index contributed by atoms with van der Waals surface area (Å²) in [5, 5.41) is 14.7. The van der Waals surface area contributed by atoms with Crippen LogP contribution in [0.15, 0.2) is 24.3 Å². The molecule has 0 unspecified atom stereocenters. The van der Waals surface area contributed by atoms with Gasteiger partial charge in [-0.2, -0.15) is 5.26 Å². The van der Waals surface area contributed by atoms with E-state index in [1.165, 1.54) is 0 Å². The number of nitriles is 1. The molecule has 1 amide bonds. The van der Waals surface area contributed by atoms with Gasteiger partial charge in [0, 0.05) is 24.7 Å². The molecule has 0 saturated heterocycles. The molecule has 0 radical (unpaired) electrons. The first-order chi connectivity index (χ1) is 8.11. The van der Waals surface area contributed by atoms with Gasteiger partial charge in [-0.15, -0.1) is 0 Å². The third kappa shape index (κ3) is 5.03. The first-order valence-electron chi connectivity index (χ1n) is 5.65. The van der Waals surface area contributed by atoms with Crippen LogP contribution in [0.3, 0.4) is 0 Å². The SMILES string of the molecule is CC(C)NC(=O)CCNc1cccc(C#N)c1. The van der Waals surface area contributed by atoms with E-state index in [9.17, 15) is 4.79 Å². The van der Waals surface area contributed by atoms with E-state index in [4.69, 9.17) is 5.26 Å². The number of benzene rings is 1. The van der Waals surface area contributed by atoms with Gasteiger partial charge in [-0.05, 0) is 32.0 Å². The molecule has 0 aliphatic rings. The number of carbonyl (C=O) groups is 1. The standard InChI is InChI=1S/C13H17N3O/c1-10(2)16-13(17)6-7-15-12-5-3-4-11(8-12)9-14/h3-5,8,10,15H,6-7H2,1-2H3,(H,16,17). The van der Waals surface area contributed by atoms with Crippen LogP contribution in [0, 0.1) is 11.3 Å². The van der Waals surface area contributed by atoms with E-state index in [2.05, 4.69) is 16.7 Å². The Morgan fingerprint density at radius 3 is 2.88 bits per heavy atom. The summed E-state index contributed by atoms with van der Waals surface area (Å²) in [4.78, 5) is 11.4. The van der Waals surface area contributed by atoms with Gasteiger partial charge in [-0.3, -0.25) is 4.79 Å². The van der Waals surface area contributed by atoms with Gasteiger partial charge in [0.15, 0.2) is 0 Å². The largest absolute Gasteiger partial charge is 0.384 e. The summed E-state index contributed by atoms with van der Waals surface area (Å²) in [6.07, 6.45) is 0.426. The van der Waals surface area contributed by atoms with Gasteiger partial charge < -0.3 is 10.6 Å². The molecule has 0 aromatic heterocycles. The molecule has 4 heteroatoms. The molecule has 17 heavy (non-hydrogen) atoms. The summed E-state index contributed by atoms with van der Waals surface area (Å²) in [6, 6.07) is 9.45. The molecule has 0 bridgehead atoms.